The molecule has 2 unspecified atom stereocenters. The summed E-state index contributed by atoms with van der Waals surface area (Å²) < 4.78 is 13.1. The maximum Gasteiger partial charge on any atom is 0.123 e. The van der Waals surface area contributed by atoms with Crippen molar-refractivity contribution in [3.05, 3.63) is 35.6 Å². The van der Waals surface area contributed by atoms with E-state index in [1.807, 2.05) is 6.07 Å². The third-order valence-corrected chi connectivity index (χ3v) is 4.12. The molecular formula is C17H26FN. The summed E-state index contributed by atoms with van der Waals surface area (Å²) in [6, 6.07) is 7.54. The van der Waals surface area contributed by atoms with Crippen molar-refractivity contribution in [3.8, 4) is 0 Å². The summed E-state index contributed by atoms with van der Waals surface area (Å²) in [5.41, 5.74) is 1.53. The molecule has 2 rings (SSSR count). The normalized spacial score (nSPS) is 26.3. The van der Waals surface area contributed by atoms with Gasteiger partial charge >= 0.3 is 0 Å². The van der Waals surface area contributed by atoms with Gasteiger partial charge in [0.15, 0.2) is 0 Å². The van der Waals surface area contributed by atoms with Crippen molar-refractivity contribution in [2.45, 2.75) is 52.5 Å². The standard InChI is InChI=1S/C17H26FN/c1-13-9-16(12-17(2,3)11-13)19-8-7-14-5-4-6-15(18)10-14/h4-6,10,13,16,19H,7-9,11-12H2,1-3H3. The van der Waals surface area contributed by atoms with Gasteiger partial charge in [-0.25, -0.2) is 4.39 Å². The van der Waals surface area contributed by atoms with Crippen LogP contribution in [0.5, 0.6) is 0 Å². The lowest BCUT2D eigenvalue weighted by atomic mass is 9.70. The Morgan fingerprint density at radius 3 is 2.79 bits per heavy atom. The van der Waals surface area contributed by atoms with Crippen LogP contribution in [-0.2, 0) is 6.42 Å². The number of rotatable bonds is 4. The minimum absolute atomic E-state index is 0.134. The highest BCUT2D eigenvalue weighted by atomic mass is 19.1. The van der Waals surface area contributed by atoms with Gasteiger partial charge in [-0.05, 0) is 61.3 Å². The van der Waals surface area contributed by atoms with Crippen molar-refractivity contribution in [1.29, 1.82) is 0 Å². The molecule has 0 saturated heterocycles. The molecule has 2 atom stereocenters. The summed E-state index contributed by atoms with van der Waals surface area (Å²) in [6.45, 7) is 8.02. The molecule has 19 heavy (non-hydrogen) atoms. The minimum atomic E-state index is -0.134. The zero-order chi connectivity index (χ0) is 13.9. The van der Waals surface area contributed by atoms with Crippen LogP contribution in [0.3, 0.4) is 0 Å². The molecule has 0 radical (unpaired) electrons. The Morgan fingerprint density at radius 2 is 2.11 bits per heavy atom. The fraction of sp³-hybridized carbons (Fsp3) is 0.647. The molecule has 1 aromatic rings. The summed E-state index contributed by atoms with van der Waals surface area (Å²) in [5, 5.41) is 3.65. The van der Waals surface area contributed by atoms with Crippen LogP contribution in [0.25, 0.3) is 0 Å². The van der Waals surface area contributed by atoms with Crippen molar-refractivity contribution in [1.82, 2.24) is 5.32 Å². The molecule has 0 aromatic heterocycles. The first kappa shape index (κ1) is 14.5. The lowest BCUT2D eigenvalue weighted by Gasteiger charge is -2.39. The van der Waals surface area contributed by atoms with E-state index in [2.05, 4.69) is 26.1 Å². The van der Waals surface area contributed by atoms with Crippen molar-refractivity contribution < 1.29 is 4.39 Å². The number of hydrogen-bond donors (Lipinski definition) is 1. The first-order chi connectivity index (χ1) is 8.94. The topological polar surface area (TPSA) is 12.0 Å². The van der Waals surface area contributed by atoms with Gasteiger partial charge in [0.1, 0.15) is 5.82 Å². The molecular weight excluding hydrogens is 237 g/mol. The quantitative estimate of drug-likeness (QED) is 0.859. The molecule has 106 valence electrons. The van der Waals surface area contributed by atoms with Gasteiger partial charge in [-0.15, -0.1) is 0 Å². The number of hydrogen-bond acceptors (Lipinski definition) is 1. The maximum atomic E-state index is 13.1. The monoisotopic (exact) mass is 263 g/mol. The van der Waals surface area contributed by atoms with E-state index >= 15 is 0 Å². The molecule has 1 aromatic carbocycles. The molecule has 0 heterocycles. The molecule has 1 saturated carbocycles. The Kier molecular flexibility index (Phi) is 4.62. The molecule has 0 spiro atoms. The predicted octanol–water partition coefficient (Wildman–Crippen LogP) is 4.17. The second-order valence-corrected chi connectivity index (χ2v) is 6.94. The Hall–Kier alpha value is -0.890. The average molecular weight is 263 g/mol. The van der Waals surface area contributed by atoms with Crippen molar-refractivity contribution in [2.75, 3.05) is 6.54 Å². The fourth-order valence-electron chi connectivity index (χ4n) is 3.61. The van der Waals surface area contributed by atoms with Crippen molar-refractivity contribution in [2.24, 2.45) is 11.3 Å². The summed E-state index contributed by atoms with van der Waals surface area (Å²) >= 11 is 0. The van der Waals surface area contributed by atoms with Gasteiger partial charge in [0.25, 0.3) is 0 Å². The maximum absolute atomic E-state index is 13.1. The van der Waals surface area contributed by atoms with Gasteiger partial charge in [0.2, 0.25) is 0 Å². The molecule has 2 heteroatoms. The molecule has 1 N–H and O–H groups in total. The van der Waals surface area contributed by atoms with E-state index in [9.17, 15) is 4.39 Å². The van der Waals surface area contributed by atoms with Crippen LogP contribution in [-0.4, -0.2) is 12.6 Å². The number of benzene rings is 1. The second-order valence-electron chi connectivity index (χ2n) is 6.94. The molecule has 0 amide bonds. The van der Waals surface area contributed by atoms with E-state index in [1.54, 1.807) is 12.1 Å². The summed E-state index contributed by atoms with van der Waals surface area (Å²) in [5.74, 6) is 0.667. The van der Waals surface area contributed by atoms with E-state index in [4.69, 9.17) is 0 Å². The highest BCUT2D eigenvalue weighted by molar-refractivity contribution is 5.16. The Balaban J connectivity index is 1.79. The van der Waals surface area contributed by atoms with E-state index in [0.717, 1.165) is 24.4 Å². The van der Waals surface area contributed by atoms with Gasteiger partial charge in [0.05, 0.1) is 0 Å². The average Bonchev–Trinajstić information content (AvgIpc) is 2.26. The summed E-state index contributed by atoms with van der Waals surface area (Å²) in [6.07, 6.45) is 4.76. The Morgan fingerprint density at radius 1 is 1.32 bits per heavy atom. The van der Waals surface area contributed by atoms with Gasteiger partial charge in [0, 0.05) is 6.04 Å². The minimum Gasteiger partial charge on any atom is -0.314 e. The van der Waals surface area contributed by atoms with Crippen molar-refractivity contribution in [3.63, 3.8) is 0 Å². The van der Waals surface area contributed by atoms with Gasteiger partial charge < -0.3 is 5.32 Å². The molecule has 1 aliphatic carbocycles. The summed E-state index contributed by atoms with van der Waals surface area (Å²) in [7, 11) is 0. The van der Waals surface area contributed by atoms with Crippen molar-refractivity contribution >= 4 is 0 Å². The summed E-state index contributed by atoms with van der Waals surface area (Å²) in [4.78, 5) is 0. The van der Waals surface area contributed by atoms with Crippen LogP contribution in [0, 0.1) is 17.2 Å². The SMILES string of the molecule is CC1CC(NCCc2cccc(F)c2)CC(C)(C)C1. The molecule has 0 aliphatic heterocycles. The third-order valence-electron chi connectivity index (χ3n) is 4.12. The fourth-order valence-corrected chi connectivity index (χ4v) is 3.61. The zero-order valence-corrected chi connectivity index (χ0v) is 12.4. The third kappa shape index (κ3) is 4.61. The largest absolute Gasteiger partial charge is 0.314 e. The number of nitrogens with one attached hydrogen (secondary N) is 1. The highest BCUT2D eigenvalue weighted by Crippen LogP contribution is 2.38. The van der Waals surface area contributed by atoms with Crippen LogP contribution in [0.4, 0.5) is 4.39 Å². The Labute approximate surface area is 116 Å². The van der Waals surface area contributed by atoms with E-state index in [-0.39, 0.29) is 5.82 Å². The van der Waals surface area contributed by atoms with Crippen LogP contribution in [0.1, 0.15) is 45.6 Å². The molecule has 0 bridgehead atoms. The van der Waals surface area contributed by atoms with E-state index in [0.29, 0.717) is 11.5 Å². The molecule has 1 aliphatic rings. The highest BCUT2D eigenvalue weighted by Gasteiger charge is 2.31. The lowest BCUT2D eigenvalue weighted by Crippen LogP contribution is -2.40. The smallest absolute Gasteiger partial charge is 0.123 e. The predicted molar refractivity (Wildman–Crippen MR) is 78.7 cm³/mol. The Bertz CT molecular complexity index is 413. The van der Waals surface area contributed by atoms with Gasteiger partial charge in [-0.3, -0.25) is 0 Å². The van der Waals surface area contributed by atoms with Gasteiger partial charge in [-0.1, -0.05) is 32.9 Å². The lowest BCUT2D eigenvalue weighted by molar-refractivity contribution is 0.152. The van der Waals surface area contributed by atoms with Gasteiger partial charge in [-0.2, -0.15) is 0 Å². The first-order valence-corrected chi connectivity index (χ1v) is 7.42. The first-order valence-electron chi connectivity index (χ1n) is 7.42. The van der Waals surface area contributed by atoms with Crippen LogP contribution in [0.15, 0.2) is 24.3 Å². The second kappa shape index (κ2) is 6.04. The zero-order valence-electron chi connectivity index (χ0n) is 12.4. The molecule has 1 fully saturated rings. The van der Waals surface area contributed by atoms with Crippen LogP contribution < -0.4 is 5.32 Å². The van der Waals surface area contributed by atoms with E-state index < -0.39 is 0 Å². The molecule has 1 nitrogen and oxygen atoms in total. The van der Waals surface area contributed by atoms with Crippen LogP contribution in [0.2, 0.25) is 0 Å². The van der Waals surface area contributed by atoms with E-state index in [1.165, 1.54) is 25.3 Å². The number of halogens is 1. The van der Waals surface area contributed by atoms with Crippen LogP contribution >= 0.6 is 0 Å².